The average Bonchev–Trinajstić information content (AvgIpc) is 2.50. The Morgan fingerprint density at radius 3 is 2.33 bits per heavy atom. The zero-order valence-electron chi connectivity index (χ0n) is 11.3. The first-order chi connectivity index (χ1) is 9.90. The minimum absolute atomic E-state index is 0.110. The highest BCUT2D eigenvalue weighted by Gasteiger charge is 2.25. The van der Waals surface area contributed by atoms with Gasteiger partial charge in [0.05, 0.1) is 17.6 Å². The van der Waals surface area contributed by atoms with Crippen molar-refractivity contribution in [2.45, 2.75) is 6.10 Å². The lowest BCUT2D eigenvalue weighted by Crippen LogP contribution is -2.17. The molecule has 0 N–H and O–H groups in total. The van der Waals surface area contributed by atoms with Gasteiger partial charge in [-0.2, -0.15) is 0 Å². The van der Waals surface area contributed by atoms with Crippen molar-refractivity contribution in [1.82, 2.24) is 0 Å². The molecular formula is C14H13NO6. The van der Waals surface area contributed by atoms with Gasteiger partial charge in [-0.05, 0) is 17.7 Å². The molecule has 1 atom stereocenters. The summed E-state index contributed by atoms with van der Waals surface area (Å²) in [4.78, 5) is 32.9. The fraction of sp³-hybridized carbons (Fsp3) is 0.143. The highest BCUT2D eigenvalue weighted by molar-refractivity contribution is 5.90. The van der Waals surface area contributed by atoms with E-state index in [9.17, 15) is 19.7 Å². The van der Waals surface area contributed by atoms with E-state index in [0.29, 0.717) is 5.56 Å². The van der Waals surface area contributed by atoms with Gasteiger partial charge in [-0.1, -0.05) is 13.2 Å². The number of carbonyl (C=O) groups is 2. The van der Waals surface area contributed by atoms with Crippen molar-refractivity contribution in [2.24, 2.45) is 0 Å². The van der Waals surface area contributed by atoms with Gasteiger partial charge in [0, 0.05) is 18.2 Å². The Hall–Kier alpha value is -2.96. The number of hydrogen-bond acceptors (Lipinski definition) is 6. The summed E-state index contributed by atoms with van der Waals surface area (Å²) >= 11 is 0. The highest BCUT2D eigenvalue weighted by Crippen LogP contribution is 2.27. The van der Waals surface area contributed by atoms with Crippen LogP contribution in [0.4, 0.5) is 5.69 Å². The third-order valence-corrected chi connectivity index (χ3v) is 2.57. The van der Waals surface area contributed by atoms with E-state index in [2.05, 4.69) is 17.9 Å². The van der Waals surface area contributed by atoms with E-state index in [0.717, 1.165) is 13.2 Å². The molecule has 1 aromatic rings. The molecule has 7 nitrogen and oxygen atoms in total. The van der Waals surface area contributed by atoms with Gasteiger partial charge in [0.2, 0.25) is 0 Å². The molecular weight excluding hydrogens is 278 g/mol. The van der Waals surface area contributed by atoms with Gasteiger partial charge >= 0.3 is 11.9 Å². The molecule has 110 valence electrons. The maximum atomic E-state index is 11.5. The number of non-ortho nitro benzene ring substituents is 1. The molecule has 0 aromatic heterocycles. The first-order valence-electron chi connectivity index (χ1n) is 5.75. The van der Waals surface area contributed by atoms with Crippen LogP contribution in [-0.2, 0) is 19.1 Å². The van der Waals surface area contributed by atoms with Gasteiger partial charge in [0.1, 0.15) is 0 Å². The number of nitro benzene ring substituents is 1. The fourth-order valence-electron chi connectivity index (χ4n) is 1.51. The molecule has 21 heavy (non-hydrogen) atoms. The van der Waals surface area contributed by atoms with Crippen LogP contribution < -0.4 is 0 Å². The second-order valence-electron chi connectivity index (χ2n) is 3.89. The molecule has 0 saturated heterocycles. The molecule has 0 radical (unpaired) electrons. The van der Waals surface area contributed by atoms with E-state index in [1.54, 1.807) is 0 Å². The van der Waals surface area contributed by atoms with E-state index in [1.165, 1.54) is 24.3 Å². The number of rotatable bonds is 6. The molecule has 0 aliphatic heterocycles. The predicted octanol–water partition coefficient (Wildman–Crippen LogP) is 2.09. The van der Waals surface area contributed by atoms with Crippen LogP contribution in [0.3, 0.4) is 0 Å². The lowest BCUT2D eigenvalue weighted by atomic mass is 10.0. The fourth-order valence-corrected chi connectivity index (χ4v) is 1.51. The van der Waals surface area contributed by atoms with Gasteiger partial charge in [-0.15, -0.1) is 0 Å². The van der Waals surface area contributed by atoms with Crippen LogP contribution in [0.5, 0.6) is 0 Å². The first kappa shape index (κ1) is 16.1. The zero-order valence-corrected chi connectivity index (χ0v) is 11.3. The van der Waals surface area contributed by atoms with E-state index in [-0.39, 0.29) is 11.3 Å². The molecule has 0 amide bonds. The number of nitrogens with zero attached hydrogens (tertiary/aromatic N) is 1. The number of ether oxygens (including phenoxy) is 2. The molecule has 0 aliphatic rings. The van der Waals surface area contributed by atoms with Crippen LogP contribution in [-0.4, -0.2) is 24.0 Å². The monoisotopic (exact) mass is 291 g/mol. The van der Waals surface area contributed by atoms with Crippen molar-refractivity contribution in [3.63, 3.8) is 0 Å². The van der Waals surface area contributed by atoms with Crippen molar-refractivity contribution in [2.75, 3.05) is 7.11 Å². The Labute approximate surface area is 120 Å². The predicted molar refractivity (Wildman–Crippen MR) is 73.3 cm³/mol. The standard InChI is InChI=1S/C14H13NO6/c1-4-12(16)21-13(9(2)14(17)20-3)10-5-7-11(8-6-10)15(18)19/h4-8,13H,1-2H2,3H3. The Kier molecular flexibility index (Phi) is 5.36. The molecule has 0 spiro atoms. The molecule has 1 unspecified atom stereocenters. The van der Waals surface area contributed by atoms with E-state index in [1.807, 2.05) is 0 Å². The Bertz CT molecular complexity index is 590. The maximum Gasteiger partial charge on any atom is 0.337 e. The number of methoxy groups -OCH3 is 1. The topological polar surface area (TPSA) is 95.7 Å². The summed E-state index contributed by atoms with van der Waals surface area (Å²) in [7, 11) is 1.16. The summed E-state index contributed by atoms with van der Waals surface area (Å²) in [5, 5.41) is 10.6. The van der Waals surface area contributed by atoms with Crippen LogP contribution in [0.1, 0.15) is 11.7 Å². The van der Waals surface area contributed by atoms with Gasteiger partial charge in [0.25, 0.3) is 5.69 Å². The van der Waals surface area contributed by atoms with Gasteiger partial charge < -0.3 is 9.47 Å². The van der Waals surface area contributed by atoms with Gasteiger partial charge in [0.15, 0.2) is 6.10 Å². The molecule has 0 fully saturated rings. The minimum atomic E-state index is -1.11. The number of hydrogen-bond donors (Lipinski definition) is 0. The Balaban J connectivity index is 3.13. The summed E-state index contributed by atoms with van der Waals surface area (Å²) in [6.45, 7) is 6.79. The molecule has 7 heteroatoms. The van der Waals surface area contributed by atoms with Crippen LogP contribution in [0.2, 0.25) is 0 Å². The van der Waals surface area contributed by atoms with Gasteiger partial charge in [-0.25, -0.2) is 9.59 Å². The zero-order chi connectivity index (χ0) is 16.0. The first-order valence-corrected chi connectivity index (χ1v) is 5.75. The van der Waals surface area contributed by atoms with Crippen LogP contribution >= 0.6 is 0 Å². The molecule has 1 aromatic carbocycles. The summed E-state index contributed by atoms with van der Waals surface area (Å²) in [5.74, 6) is -1.52. The van der Waals surface area contributed by atoms with Crippen molar-refractivity contribution in [1.29, 1.82) is 0 Å². The average molecular weight is 291 g/mol. The third-order valence-electron chi connectivity index (χ3n) is 2.57. The number of carbonyl (C=O) groups excluding carboxylic acids is 2. The number of esters is 2. The minimum Gasteiger partial charge on any atom is -0.466 e. The summed E-state index contributed by atoms with van der Waals surface area (Å²) in [5.41, 5.74) is 0.115. The second kappa shape index (κ2) is 6.99. The van der Waals surface area contributed by atoms with Crippen molar-refractivity contribution < 1.29 is 24.0 Å². The van der Waals surface area contributed by atoms with Crippen LogP contribution in [0.15, 0.2) is 49.1 Å². The quantitative estimate of drug-likeness (QED) is 0.344. The van der Waals surface area contributed by atoms with E-state index in [4.69, 9.17) is 4.74 Å². The Morgan fingerprint density at radius 2 is 1.90 bits per heavy atom. The molecule has 0 aliphatic carbocycles. The SMILES string of the molecule is C=CC(=O)OC(C(=C)C(=O)OC)c1ccc([N+](=O)[O-])cc1. The molecule has 0 heterocycles. The third kappa shape index (κ3) is 4.00. The molecule has 0 saturated carbocycles. The van der Waals surface area contributed by atoms with Crippen molar-refractivity contribution >= 4 is 17.6 Å². The lowest BCUT2D eigenvalue weighted by Gasteiger charge is -2.18. The second-order valence-corrected chi connectivity index (χ2v) is 3.89. The van der Waals surface area contributed by atoms with Crippen LogP contribution in [0.25, 0.3) is 0 Å². The van der Waals surface area contributed by atoms with Crippen molar-refractivity contribution in [3.8, 4) is 0 Å². The summed E-state index contributed by atoms with van der Waals surface area (Å²) in [6.07, 6.45) is -0.174. The summed E-state index contributed by atoms with van der Waals surface area (Å²) in [6, 6.07) is 5.20. The van der Waals surface area contributed by atoms with E-state index < -0.39 is 23.0 Å². The Morgan fingerprint density at radius 1 is 1.33 bits per heavy atom. The van der Waals surface area contributed by atoms with E-state index >= 15 is 0 Å². The highest BCUT2D eigenvalue weighted by atomic mass is 16.6. The number of nitro groups is 1. The molecule has 0 bridgehead atoms. The number of benzene rings is 1. The van der Waals surface area contributed by atoms with Crippen molar-refractivity contribution in [3.05, 3.63) is 64.8 Å². The molecule has 1 rings (SSSR count). The lowest BCUT2D eigenvalue weighted by molar-refractivity contribution is -0.384. The normalized spacial score (nSPS) is 11.1. The van der Waals surface area contributed by atoms with Gasteiger partial charge in [-0.3, -0.25) is 10.1 Å². The van der Waals surface area contributed by atoms with Crippen LogP contribution in [0, 0.1) is 10.1 Å². The summed E-state index contributed by atoms with van der Waals surface area (Å²) < 4.78 is 9.57. The smallest absolute Gasteiger partial charge is 0.337 e. The maximum absolute atomic E-state index is 11.5. The largest absolute Gasteiger partial charge is 0.466 e.